The molecule has 1 aliphatic carbocycles. The molecule has 7 aromatic rings. The highest BCUT2D eigenvalue weighted by molar-refractivity contribution is 7.93. The summed E-state index contributed by atoms with van der Waals surface area (Å²) in [6.45, 7) is 9.02. The van der Waals surface area contributed by atoms with E-state index in [1.807, 2.05) is 17.6 Å². The Morgan fingerprint density at radius 1 is 1.00 bits per heavy atom. The lowest BCUT2D eigenvalue weighted by atomic mass is 9.91. The lowest BCUT2D eigenvalue weighted by Crippen LogP contribution is -2.41. The van der Waals surface area contributed by atoms with Gasteiger partial charge in [0.15, 0.2) is 5.82 Å². The molecule has 4 aromatic heterocycles. The van der Waals surface area contributed by atoms with Crippen molar-refractivity contribution in [1.82, 2.24) is 38.5 Å². The summed E-state index contributed by atoms with van der Waals surface area (Å²) in [4.78, 5) is 47.4. The minimum Gasteiger partial charge on any atom is -0.381 e. The van der Waals surface area contributed by atoms with Crippen LogP contribution in [0, 0.1) is 37.0 Å². The molecule has 18 heteroatoms. The van der Waals surface area contributed by atoms with Crippen molar-refractivity contribution < 1.29 is 22.7 Å². The Morgan fingerprint density at radius 3 is 2.36 bits per heavy atom. The molecule has 0 radical (unpaired) electrons. The number of carbonyl (C=O) groups excluding carboxylic acids is 1. The normalized spacial score (nSPS) is 20.8. The number of ether oxygens (including phenoxy) is 1. The van der Waals surface area contributed by atoms with Crippen LogP contribution in [-0.2, 0) is 26.4 Å². The number of nitriles is 1. The monoisotopic (exact) mass is 884 g/mol. The zero-order valence-corrected chi connectivity index (χ0v) is 36.7. The number of nitrogens with one attached hydrogen (secondary N) is 1. The lowest BCUT2D eigenvalue weighted by molar-refractivity contribution is 0.0663. The van der Waals surface area contributed by atoms with Crippen LogP contribution < -0.4 is 11.4 Å². The van der Waals surface area contributed by atoms with Crippen LogP contribution in [0.3, 0.4) is 0 Å². The Bertz CT molecular complexity index is 3310. The first-order valence-corrected chi connectivity index (χ1v) is 23.1. The van der Waals surface area contributed by atoms with Crippen LogP contribution in [0.2, 0.25) is 0 Å². The van der Waals surface area contributed by atoms with E-state index in [9.17, 15) is 13.8 Å². The Morgan fingerprint density at radius 2 is 1.70 bits per heavy atom. The summed E-state index contributed by atoms with van der Waals surface area (Å²) in [5.74, 6) is -0.190. The van der Waals surface area contributed by atoms with E-state index >= 15 is 9.18 Å². The SMILES string of the molecule is Cc1cc(-n2nc3c(c2-n2ccn(-c4ccc([S@](C)(=O)=NC#N)cc4)c2=O)[C@H](C)N(C(=O)c2cc4cc(C5CCOCC5)ccc4n2[C@@]2(c4noc(=O)[nH]4)C[C@@H]2C)CC3)cc(C)c1F. The summed E-state index contributed by atoms with van der Waals surface area (Å²) in [6, 6.07) is 17.4. The summed E-state index contributed by atoms with van der Waals surface area (Å²) >= 11 is 0. The Hall–Kier alpha value is -6.84. The second kappa shape index (κ2) is 15.2. The first-order valence-electron chi connectivity index (χ1n) is 21.2. The van der Waals surface area contributed by atoms with E-state index < -0.39 is 32.8 Å². The number of rotatable bonds is 8. The molecular weight excluding hydrogens is 840 g/mol. The molecule has 1 saturated heterocycles. The van der Waals surface area contributed by atoms with Crippen LogP contribution in [0.1, 0.15) is 89.3 Å². The van der Waals surface area contributed by atoms with Gasteiger partial charge in [-0.1, -0.05) is 18.1 Å². The summed E-state index contributed by atoms with van der Waals surface area (Å²) in [6.07, 6.45) is 9.00. The number of aromatic nitrogens is 7. The number of nitrogens with zero attached hydrogens (tertiary/aromatic N) is 9. The molecule has 64 heavy (non-hydrogen) atoms. The average Bonchev–Trinajstić information content (AvgIpc) is 3.78. The highest BCUT2D eigenvalue weighted by Gasteiger charge is 2.59. The number of carbonyl (C=O) groups is 1. The van der Waals surface area contributed by atoms with Crippen molar-refractivity contribution >= 4 is 26.5 Å². The fourth-order valence-corrected chi connectivity index (χ4v) is 10.8. The topological polar surface area (TPSA) is 191 Å². The van der Waals surface area contributed by atoms with Gasteiger partial charge < -0.3 is 14.2 Å². The fraction of sp³-hybridized carbons (Fsp3) is 0.348. The van der Waals surface area contributed by atoms with Crippen molar-refractivity contribution in [2.45, 2.75) is 75.8 Å². The minimum absolute atomic E-state index is 0.00846. The van der Waals surface area contributed by atoms with E-state index in [0.717, 1.165) is 23.7 Å². The van der Waals surface area contributed by atoms with Gasteiger partial charge in [0.2, 0.25) is 6.19 Å². The first-order chi connectivity index (χ1) is 30.7. The van der Waals surface area contributed by atoms with Crippen LogP contribution in [-0.4, -0.2) is 74.7 Å². The Labute approximate surface area is 366 Å². The minimum atomic E-state index is -2.96. The van der Waals surface area contributed by atoms with Gasteiger partial charge >= 0.3 is 11.4 Å². The zero-order chi connectivity index (χ0) is 44.8. The van der Waals surface area contributed by atoms with Crippen LogP contribution in [0.5, 0.6) is 0 Å². The molecule has 2 fully saturated rings. The van der Waals surface area contributed by atoms with Gasteiger partial charge in [-0.2, -0.15) is 10.4 Å². The van der Waals surface area contributed by atoms with E-state index in [2.05, 4.69) is 39.6 Å². The maximum absolute atomic E-state index is 15.4. The Balaban J connectivity index is 1.11. The van der Waals surface area contributed by atoms with E-state index in [1.165, 1.54) is 21.0 Å². The van der Waals surface area contributed by atoms with E-state index in [4.69, 9.17) is 19.6 Å². The predicted molar refractivity (Wildman–Crippen MR) is 234 cm³/mol. The second-order valence-corrected chi connectivity index (χ2v) is 19.5. The molecule has 0 unspecified atom stereocenters. The Kier molecular flexibility index (Phi) is 9.76. The standard InChI is InChI=1S/C46H45FN10O6S/c1-26-20-34(21-27(2)40(26)47)57-41(55-17-16-54(45(55)60)33-7-9-35(10-8-33)64(5,61)49-25-48)39-29(4)53(15-12-36(39)51-57)42(58)38-23-32-22-31(30-13-18-62-19-14-30)6-11-37(32)56(38)46(24-28(46)3)43-50-44(59)63-52-43/h6-11,16-17,20-23,28-30H,12-15,18-19,24H2,1-5H3,(H,50,52,59)/t28-,29-,46-,64-/m0/s1. The quantitative estimate of drug-likeness (QED) is 0.164. The number of hydrogen-bond donors (Lipinski definition) is 1. The van der Waals surface area contributed by atoms with Gasteiger partial charge in [0.05, 0.1) is 32.8 Å². The number of benzene rings is 3. The molecule has 1 amide bonds. The average molecular weight is 885 g/mol. The highest BCUT2D eigenvalue weighted by Crippen LogP contribution is 2.56. The van der Waals surface area contributed by atoms with Crippen LogP contribution in [0.25, 0.3) is 28.1 Å². The number of aromatic amines is 1. The van der Waals surface area contributed by atoms with Crippen molar-refractivity contribution in [2.75, 3.05) is 26.0 Å². The first kappa shape index (κ1) is 41.2. The smallest absolute Gasteiger partial charge is 0.381 e. The van der Waals surface area contributed by atoms with Gasteiger partial charge in [-0.05, 0) is 123 Å². The molecule has 10 rings (SSSR count). The molecule has 3 aromatic carbocycles. The number of hydrogen-bond acceptors (Lipinski definition) is 10. The number of amides is 1. The molecule has 4 atom stereocenters. The largest absolute Gasteiger partial charge is 0.438 e. The van der Waals surface area contributed by atoms with Crippen LogP contribution in [0.15, 0.2) is 96.4 Å². The van der Waals surface area contributed by atoms with Gasteiger partial charge in [0, 0.05) is 66.2 Å². The van der Waals surface area contributed by atoms with Crippen molar-refractivity contribution in [3.05, 3.63) is 139 Å². The summed E-state index contributed by atoms with van der Waals surface area (Å²) in [5.41, 5.74) is 4.30. The molecule has 0 spiro atoms. The van der Waals surface area contributed by atoms with Gasteiger partial charge in [-0.15, -0.1) is 4.36 Å². The van der Waals surface area contributed by atoms with Crippen molar-refractivity contribution in [1.29, 1.82) is 5.26 Å². The molecular formula is C46H45FN10O6S. The molecule has 0 bridgehead atoms. The number of halogens is 1. The molecule has 2 aliphatic heterocycles. The third kappa shape index (κ3) is 6.47. The third-order valence-corrected chi connectivity index (χ3v) is 15.0. The second-order valence-electron chi connectivity index (χ2n) is 17.3. The van der Waals surface area contributed by atoms with Gasteiger partial charge in [0.1, 0.15) is 22.9 Å². The maximum Gasteiger partial charge on any atom is 0.438 e. The molecule has 1 saturated carbocycles. The summed E-state index contributed by atoms with van der Waals surface area (Å²) < 4.78 is 48.9. The fourth-order valence-electron chi connectivity index (χ4n) is 9.94. The predicted octanol–water partition coefficient (Wildman–Crippen LogP) is 6.58. The van der Waals surface area contributed by atoms with Gasteiger partial charge in [0.25, 0.3) is 5.91 Å². The molecule has 328 valence electrons. The van der Waals surface area contributed by atoms with Gasteiger partial charge in [-0.3, -0.25) is 23.4 Å². The zero-order valence-electron chi connectivity index (χ0n) is 35.9. The summed E-state index contributed by atoms with van der Waals surface area (Å²) in [7, 11) is -2.96. The lowest BCUT2D eigenvalue weighted by Gasteiger charge is -2.34. The van der Waals surface area contributed by atoms with E-state index in [-0.39, 0.29) is 17.6 Å². The van der Waals surface area contributed by atoms with E-state index in [1.54, 1.807) is 78.4 Å². The molecule has 1 N–H and O–H groups in total. The van der Waals surface area contributed by atoms with Crippen LogP contribution in [0.4, 0.5) is 4.39 Å². The van der Waals surface area contributed by atoms with Gasteiger partial charge in [-0.25, -0.2) is 22.9 Å². The summed E-state index contributed by atoms with van der Waals surface area (Å²) in [5, 5.41) is 19.2. The van der Waals surface area contributed by atoms with E-state index in [0.29, 0.717) is 94.5 Å². The third-order valence-electron chi connectivity index (χ3n) is 13.4. The molecule has 16 nitrogen and oxygen atoms in total. The van der Waals surface area contributed by atoms with Crippen molar-refractivity contribution in [3.8, 4) is 23.4 Å². The maximum atomic E-state index is 15.4. The number of aryl methyl sites for hydroxylation is 2. The van der Waals surface area contributed by atoms with Crippen molar-refractivity contribution in [3.63, 3.8) is 0 Å². The number of fused-ring (bicyclic) bond motifs is 2. The van der Waals surface area contributed by atoms with Crippen molar-refractivity contribution in [2.24, 2.45) is 10.3 Å². The number of H-pyrrole nitrogens is 1. The van der Waals surface area contributed by atoms with Crippen LogP contribution >= 0.6 is 0 Å². The molecule has 3 aliphatic rings. The molecule has 6 heterocycles. The number of imidazole rings is 1. The highest BCUT2D eigenvalue weighted by atomic mass is 32.2.